The molecular formula is C12H24N2. The van der Waals surface area contributed by atoms with E-state index in [0.717, 1.165) is 6.04 Å². The summed E-state index contributed by atoms with van der Waals surface area (Å²) >= 11 is 0. The molecular weight excluding hydrogens is 172 g/mol. The Balaban J connectivity index is 1.88. The second-order valence-electron chi connectivity index (χ2n) is 5.54. The summed E-state index contributed by atoms with van der Waals surface area (Å²) in [6, 6.07) is 0.737. The summed E-state index contributed by atoms with van der Waals surface area (Å²) in [5, 5.41) is 3.46. The summed E-state index contributed by atoms with van der Waals surface area (Å²) in [5.74, 6) is 0. The molecule has 1 atom stereocenters. The molecule has 0 radical (unpaired) electrons. The van der Waals surface area contributed by atoms with Crippen LogP contribution in [-0.2, 0) is 0 Å². The van der Waals surface area contributed by atoms with Crippen LogP contribution in [-0.4, -0.2) is 37.1 Å². The Morgan fingerprint density at radius 3 is 2.71 bits per heavy atom. The predicted octanol–water partition coefficient (Wildman–Crippen LogP) is 1.86. The molecule has 82 valence electrons. The summed E-state index contributed by atoms with van der Waals surface area (Å²) in [6.07, 6.45) is 5.81. The summed E-state index contributed by atoms with van der Waals surface area (Å²) < 4.78 is 0. The van der Waals surface area contributed by atoms with Crippen molar-refractivity contribution >= 4 is 0 Å². The molecule has 1 aliphatic heterocycles. The quantitative estimate of drug-likeness (QED) is 0.725. The molecule has 1 aliphatic carbocycles. The Morgan fingerprint density at radius 2 is 2.07 bits per heavy atom. The minimum absolute atomic E-state index is 0.631. The van der Waals surface area contributed by atoms with E-state index in [2.05, 4.69) is 24.1 Å². The highest BCUT2D eigenvalue weighted by Crippen LogP contribution is 2.38. The molecule has 0 amide bonds. The highest BCUT2D eigenvalue weighted by molar-refractivity contribution is 4.87. The molecule has 0 bridgehead atoms. The van der Waals surface area contributed by atoms with Crippen LogP contribution in [0.3, 0.4) is 0 Å². The van der Waals surface area contributed by atoms with Crippen LogP contribution < -0.4 is 5.32 Å². The van der Waals surface area contributed by atoms with Crippen LogP contribution in [0.1, 0.15) is 39.5 Å². The van der Waals surface area contributed by atoms with Crippen molar-refractivity contribution in [3.8, 4) is 0 Å². The average molecular weight is 196 g/mol. The van der Waals surface area contributed by atoms with Crippen molar-refractivity contribution in [1.29, 1.82) is 0 Å². The fraction of sp³-hybridized carbons (Fsp3) is 1.00. The van der Waals surface area contributed by atoms with Gasteiger partial charge in [0.25, 0.3) is 0 Å². The Bertz CT molecular complexity index is 185. The summed E-state index contributed by atoms with van der Waals surface area (Å²) in [7, 11) is 0. The molecule has 14 heavy (non-hydrogen) atoms. The van der Waals surface area contributed by atoms with Crippen LogP contribution in [0, 0.1) is 5.41 Å². The first-order valence-corrected chi connectivity index (χ1v) is 6.14. The van der Waals surface area contributed by atoms with Crippen LogP contribution in [0.25, 0.3) is 0 Å². The molecule has 0 aromatic carbocycles. The van der Waals surface area contributed by atoms with Crippen molar-refractivity contribution in [3.05, 3.63) is 0 Å². The largest absolute Gasteiger partial charge is 0.314 e. The van der Waals surface area contributed by atoms with Crippen LogP contribution in [0.5, 0.6) is 0 Å². The van der Waals surface area contributed by atoms with Crippen LogP contribution in [0.15, 0.2) is 0 Å². The van der Waals surface area contributed by atoms with E-state index in [0.29, 0.717) is 5.41 Å². The van der Waals surface area contributed by atoms with Crippen LogP contribution in [0.4, 0.5) is 0 Å². The van der Waals surface area contributed by atoms with Crippen LogP contribution >= 0.6 is 0 Å². The maximum absolute atomic E-state index is 3.46. The lowest BCUT2D eigenvalue weighted by Gasteiger charge is -2.39. The Labute approximate surface area is 88.1 Å². The van der Waals surface area contributed by atoms with Gasteiger partial charge in [-0.15, -0.1) is 0 Å². The molecule has 1 N–H and O–H groups in total. The van der Waals surface area contributed by atoms with E-state index in [9.17, 15) is 0 Å². The van der Waals surface area contributed by atoms with Gasteiger partial charge in [-0.05, 0) is 25.2 Å². The van der Waals surface area contributed by atoms with E-state index in [-0.39, 0.29) is 0 Å². The predicted molar refractivity (Wildman–Crippen MR) is 60.5 cm³/mol. The van der Waals surface area contributed by atoms with Gasteiger partial charge in [0, 0.05) is 32.2 Å². The minimum atomic E-state index is 0.631. The fourth-order valence-electron chi connectivity index (χ4n) is 2.99. The molecule has 2 rings (SSSR count). The van der Waals surface area contributed by atoms with E-state index in [1.165, 1.54) is 51.9 Å². The Kier molecular flexibility index (Phi) is 3.13. The average Bonchev–Trinajstić information content (AvgIpc) is 2.57. The first-order valence-electron chi connectivity index (χ1n) is 6.14. The number of nitrogens with one attached hydrogen (secondary N) is 1. The summed E-state index contributed by atoms with van der Waals surface area (Å²) in [4.78, 5) is 2.68. The maximum atomic E-state index is 3.46. The minimum Gasteiger partial charge on any atom is -0.314 e. The molecule has 0 spiro atoms. The van der Waals surface area contributed by atoms with Crippen molar-refractivity contribution in [2.24, 2.45) is 5.41 Å². The van der Waals surface area contributed by atoms with Crippen molar-refractivity contribution in [3.63, 3.8) is 0 Å². The number of hydrogen-bond acceptors (Lipinski definition) is 2. The molecule has 0 unspecified atom stereocenters. The lowest BCUT2D eigenvalue weighted by atomic mass is 9.87. The normalized spacial score (nSPS) is 33.4. The second-order valence-corrected chi connectivity index (χ2v) is 5.54. The molecule has 2 aliphatic rings. The zero-order chi connectivity index (χ0) is 10.0. The van der Waals surface area contributed by atoms with Crippen molar-refractivity contribution in [2.45, 2.75) is 45.6 Å². The van der Waals surface area contributed by atoms with Gasteiger partial charge in [-0.3, -0.25) is 4.90 Å². The van der Waals surface area contributed by atoms with Crippen molar-refractivity contribution < 1.29 is 0 Å². The molecule has 1 saturated heterocycles. The first-order chi connectivity index (χ1) is 6.70. The van der Waals surface area contributed by atoms with E-state index in [4.69, 9.17) is 0 Å². The van der Waals surface area contributed by atoms with Crippen molar-refractivity contribution in [2.75, 3.05) is 26.2 Å². The molecule has 2 fully saturated rings. The number of rotatable bonds is 2. The van der Waals surface area contributed by atoms with E-state index in [1.54, 1.807) is 0 Å². The lowest BCUT2D eigenvalue weighted by molar-refractivity contribution is 0.108. The fourth-order valence-corrected chi connectivity index (χ4v) is 2.99. The highest BCUT2D eigenvalue weighted by atomic mass is 15.2. The Morgan fingerprint density at radius 1 is 1.36 bits per heavy atom. The first kappa shape index (κ1) is 10.4. The zero-order valence-corrected chi connectivity index (χ0v) is 9.68. The van der Waals surface area contributed by atoms with Crippen molar-refractivity contribution in [1.82, 2.24) is 10.2 Å². The highest BCUT2D eigenvalue weighted by Gasteiger charge is 2.32. The SMILES string of the molecule is C[C@@H]1CNCCN1CC1(C)CCCC1. The molecule has 0 aromatic rings. The molecule has 1 saturated carbocycles. The van der Waals surface area contributed by atoms with Gasteiger partial charge in [0.2, 0.25) is 0 Å². The topological polar surface area (TPSA) is 15.3 Å². The van der Waals surface area contributed by atoms with Gasteiger partial charge >= 0.3 is 0 Å². The van der Waals surface area contributed by atoms with E-state index < -0.39 is 0 Å². The second kappa shape index (κ2) is 4.19. The van der Waals surface area contributed by atoms with E-state index in [1.807, 2.05) is 0 Å². The maximum Gasteiger partial charge on any atom is 0.0193 e. The number of hydrogen-bond donors (Lipinski definition) is 1. The zero-order valence-electron chi connectivity index (χ0n) is 9.68. The van der Waals surface area contributed by atoms with Gasteiger partial charge < -0.3 is 5.32 Å². The van der Waals surface area contributed by atoms with Gasteiger partial charge in [-0.1, -0.05) is 19.8 Å². The number of piperazine rings is 1. The molecule has 0 aromatic heterocycles. The standard InChI is InChI=1S/C12H24N2/c1-11-9-13-7-8-14(11)10-12(2)5-3-4-6-12/h11,13H,3-10H2,1-2H3/t11-/m1/s1. The smallest absolute Gasteiger partial charge is 0.0193 e. The third-order valence-corrected chi connectivity index (χ3v) is 4.03. The lowest BCUT2D eigenvalue weighted by Crippen LogP contribution is -2.52. The van der Waals surface area contributed by atoms with Gasteiger partial charge in [0.15, 0.2) is 0 Å². The number of nitrogens with zero attached hydrogens (tertiary/aromatic N) is 1. The monoisotopic (exact) mass is 196 g/mol. The van der Waals surface area contributed by atoms with Gasteiger partial charge in [0.05, 0.1) is 0 Å². The van der Waals surface area contributed by atoms with Crippen LogP contribution in [0.2, 0.25) is 0 Å². The third-order valence-electron chi connectivity index (χ3n) is 4.03. The summed E-state index contributed by atoms with van der Waals surface area (Å²) in [5.41, 5.74) is 0.631. The van der Waals surface area contributed by atoms with Gasteiger partial charge in [-0.25, -0.2) is 0 Å². The third kappa shape index (κ3) is 2.29. The van der Waals surface area contributed by atoms with Gasteiger partial charge in [0.1, 0.15) is 0 Å². The summed E-state index contributed by atoms with van der Waals surface area (Å²) in [6.45, 7) is 9.77. The molecule has 2 nitrogen and oxygen atoms in total. The molecule has 2 heteroatoms. The van der Waals surface area contributed by atoms with Gasteiger partial charge in [-0.2, -0.15) is 0 Å². The van der Waals surface area contributed by atoms with E-state index >= 15 is 0 Å². The molecule has 1 heterocycles. The Hall–Kier alpha value is -0.0800.